The van der Waals surface area contributed by atoms with Crippen LogP contribution in [0.4, 0.5) is 0 Å². The quantitative estimate of drug-likeness (QED) is 0.797. The van der Waals surface area contributed by atoms with Gasteiger partial charge in [-0.2, -0.15) is 5.26 Å². The van der Waals surface area contributed by atoms with E-state index in [4.69, 9.17) is 5.26 Å². The van der Waals surface area contributed by atoms with E-state index in [0.717, 1.165) is 0 Å². The monoisotopic (exact) mass is 270 g/mol. The molecule has 2 rings (SSSR count). The van der Waals surface area contributed by atoms with Crippen molar-refractivity contribution in [2.45, 2.75) is 38.6 Å². The Morgan fingerprint density at radius 2 is 1.89 bits per heavy atom. The van der Waals surface area contributed by atoms with Crippen LogP contribution < -0.4 is 5.32 Å². The number of rotatable bonds is 2. The number of nitrogens with one attached hydrogen (secondary N) is 1. The van der Waals surface area contributed by atoms with E-state index in [1.165, 1.54) is 0 Å². The number of sulfone groups is 1. The molecule has 1 N–H and O–H groups in total. The standard InChI is InChI=1S/C12H18N2O3S/c1-9-6-12(7-9,8-13)11(15)14-10-2-4-18(16,17)5-3-10/h9-10H,2-7H2,1H3,(H,14,15). The molecule has 6 heteroatoms. The average molecular weight is 270 g/mol. The van der Waals surface area contributed by atoms with E-state index in [2.05, 4.69) is 11.4 Å². The Bertz CT molecular complexity index is 472. The Labute approximate surface area is 107 Å². The summed E-state index contributed by atoms with van der Waals surface area (Å²) in [4.78, 5) is 12.1. The van der Waals surface area contributed by atoms with Crippen LogP contribution in [-0.2, 0) is 14.6 Å². The van der Waals surface area contributed by atoms with E-state index in [1.807, 2.05) is 6.92 Å². The number of nitrogens with zero attached hydrogens (tertiary/aromatic N) is 1. The molecule has 1 aliphatic heterocycles. The molecule has 0 radical (unpaired) electrons. The first-order valence-corrected chi connectivity index (χ1v) is 8.12. The summed E-state index contributed by atoms with van der Waals surface area (Å²) in [5.74, 6) is 0.469. The molecular weight excluding hydrogens is 252 g/mol. The third-order valence-corrected chi connectivity index (χ3v) is 5.65. The van der Waals surface area contributed by atoms with Crippen molar-refractivity contribution < 1.29 is 13.2 Å². The maximum absolute atomic E-state index is 12.1. The fraction of sp³-hybridized carbons (Fsp3) is 0.833. The zero-order valence-electron chi connectivity index (χ0n) is 10.5. The third-order valence-electron chi connectivity index (χ3n) is 3.93. The number of hydrogen-bond acceptors (Lipinski definition) is 4. The van der Waals surface area contributed by atoms with Crippen molar-refractivity contribution in [3.05, 3.63) is 0 Å². The van der Waals surface area contributed by atoms with Crippen molar-refractivity contribution in [1.82, 2.24) is 5.32 Å². The normalized spacial score (nSPS) is 35.2. The van der Waals surface area contributed by atoms with Gasteiger partial charge in [-0.3, -0.25) is 4.79 Å². The van der Waals surface area contributed by atoms with Gasteiger partial charge < -0.3 is 5.32 Å². The van der Waals surface area contributed by atoms with Gasteiger partial charge in [-0.15, -0.1) is 0 Å². The van der Waals surface area contributed by atoms with Gasteiger partial charge in [0.15, 0.2) is 0 Å². The number of carbonyl (C=O) groups is 1. The fourth-order valence-corrected chi connectivity index (χ4v) is 4.31. The van der Waals surface area contributed by atoms with E-state index in [-0.39, 0.29) is 23.5 Å². The van der Waals surface area contributed by atoms with Crippen LogP contribution in [0.3, 0.4) is 0 Å². The van der Waals surface area contributed by atoms with Crippen LogP contribution in [0.5, 0.6) is 0 Å². The molecule has 1 aliphatic carbocycles. The van der Waals surface area contributed by atoms with E-state index in [9.17, 15) is 13.2 Å². The highest BCUT2D eigenvalue weighted by atomic mass is 32.2. The Morgan fingerprint density at radius 3 is 2.33 bits per heavy atom. The molecule has 2 aliphatic rings. The first kappa shape index (κ1) is 13.3. The molecule has 1 saturated heterocycles. The molecule has 2 fully saturated rings. The zero-order valence-corrected chi connectivity index (χ0v) is 11.3. The van der Waals surface area contributed by atoms with E-state index >= 15 is 0 Å². The summed E-state index contributed by atoms with van der Waals surface area (Å²) in [6.07, 6.45) is 2.15. The van der Waals surface area contributed by atoms with Gasteiger partial charge in [0.05, 0.1) is 17.6 Å². The molecule has 100 valence electrons. The summed E-state index contributed by atoms with van der Waals surface area (Å²) >= 11 is 0. The summed E-state index contributed by atoms with van der Waals surface area (Å²) < 4.78 is 22.6. The first-order valence-electron chi connectivity index (χ1n) is 6.29. The molecule has 0 atom stereocenters. The van der Waals surface area contributed by atoms with Crippen molar-refractivity contribution in [2.75, 3.05) is 11.5 Å². The van der Waals surface area contributed by atoms with Crippen LogP contribution in [-0.4, -0.2) is 31.9 Å². The van der Waals surface area contributed by atoms with Gasteiger partial charge in [-0.05, 0) is 31.6 Å². The summed E-state index contributed by atoms with van der Waals surface area (Å²) in [6.45, 7) is 2.02. The second-order valence-electron chi connectivity index (χ2n) is 5.61. The van der Waals surface area contributed by atoms with E-state index < -0.39 is 15.3 Å². The molecule has 0 unspecified atom stereocenters. The van der Waals surface area contributed by atoms with Crippen molar-refractivity contribution in [2.24, 2.45) is 11.3 Å². The minimum Gasteiger partial charge on any atom is -0.352 e. The van der Waals surface area contributed by atoms with Crippen LogP contribution >= 0.6 is 0 Å². The largest absolute Gasteiger partial charge is 0.352 e. The Hall–Kier alpha value is -1.09. The topological polar surface area (TPSA) is 87.0 Å². The average Bonchev–Trinajstić information content (AvgIpc) is 2.27. The first-order chi connectivity index (χ1) is 8.37. The molecular formula is C12H18N2O3S. The lowest BCUT2D eigenvalue weighted by Crippen LogP contribution is -2.52. The van der Waals surface area contributed by atoms with Gasteiger partial charge in [-0.1, -0.05) is 6.92 Å². The second-order valence-corrected chi connectivity index (χ2v) is 7.91. The van der Waals surface area contributed by atoms with Crippen LogP contribution in [0.2, 0.25) is 0 Å². The van der Waals surface area contributed by atoms with Crippen molar-refractivity contribution in [1.29, 1.82) is 5.26 Å². The molecule has 0 aromatic carbocycles. The zero-order chi connectivity index (χ0) is 13.4. The lowest BCUT2D eigenvalue weighted by Gasteiger charge is -2.40. The maximum atomic E-state index is 12.1. The van der Waals surface area contributed by atoms with Crippen LogP contribution in [0.1, 0.15) is 32.6 Å². The molecule has 18 heavy (non-hydrogen) atoms. The van der Waals surface area contributed by atoms with Gasteiger partial charge in [0.25, 0.3) is 0 Å². The maximum Gasteiger partial charge on any atom is 0.240 e. The van der Waals surface area contributed by atoms with Gasteiger partial charge in [0.2, 0.25) is 5.91 Å². The number of nitriles is 1. The summed E-state index contributed by atoms with van der Waals surface area (Å²) in [5.41, 5.74) is -0.865. The SMILES string of the molecule is CC1CC(C#N)(C(=O)NC2CCS(=O)(=O)CC2)C1. The van der Waals surface area contributed by atoms with Gasteiger partial charge in [-0.25, -0.2) is 8.42 Å². The smallest absolute Gasteiger partial charge is 0.240 e. The van der Waals surface area contributed by atoms with Crippen LogP contribution in [0.25, 0.3) is 0 Å². The Morgan fingerprint density at radius 1 is 1.33 bits per heavy atom. The predicted molar refractivity (Wildman–Crippen MR) is 66.3 cm³/mol. The highest BCUT2D eigenvalue weighted by molar-refractivity contribution is 7.91. The minimum absolute atomic E-state index is 0.0952. The lowest BCUT2D eigenvalue weighted by atomic mass is 9.63. The molecule has 0 aromatic rings. The molecule has 0 aromatic heterocycles. The van der Waals surface area contributed by atoms with E-state index in [0.29, 0.717) is 31.6 Å². The minimum atomic E-state index is -2.91. The molecule has 1 saturated carbocycles. The van der Waals surface area contributed by atoms with Gasteiger partial charge in [0, 0.05) is 6.04 Å². The Kier molecular flexibility index (Phi) is 3.37. The molecule has 0 spiro atoms. The van der Waals surface area contributed by atoms with Crippen molar-refractivity contribution in [3.63, 3.8) is 0 Å². The van der Waals surface area contributed by atoms with Crippen molar-refractivity contribution >= 4 is 15.7 Å². The Balaban J connectivity index is 1.91. The summed E-state index contributed by atoms with van der Waals surface area (Å²) in [5, 5.41) is 12.0. The van der Waals surface area contributed by atoms with Crippen molar-refractivity contribution in [3.8, 4) is 6.07 Å². The molecule has 0 bridgehead atoms. The van der Waals surface area contributed by atoms with Crippen LogP contribution in [0, 0.1) is 22.7 Å². The summed E-state index contributed by atoms with van der Waals surface area (Å²) in [7, 11) is -2.91. The van der Waals surface area contributed by atoms with Gasteiger partial charge >= 0.3 is 0 Å². The number of amides is 1. The second kappa shape index (κ2) is 4.54. The predicted octanol–water partition coefficient (Wildman–Crippen LogP) is 0.620. The fourth-order valence-electron chi connectivity index (χ4n) is 2.82. The van der Waals surface area contributed by atoms with Gasteiger partial charge in [0.1, 0.15) is 15.3 Å². The highest BCUT2D eigenvalue weighted by Crippen LogP contribution is 2.45. The molecule has 1 heterocycles. The lowest BCUT2D eigenvalue weighted by molar-refractivity contribution is -0.134. The summed E-state index contributed by atoms with van der Waals surface area (Å²) in [6, 6.07) is 2.03. The molecule has 5 nitrogen and oxygen atoms in total. The third kappa shape index (κ3) is 2.51. The van der Waals surface area contributed by atoms with E-state index in [1.54, 1.807) is 0 Å². The molecule has 1 amide bonds. The number of hydrogen-bond donors (Lipinski definition) is 1. The van der Waals surface area contributed by atoms with Crippen LogP contribution in [0.15, 0.2) is 0 Å². The number of carbonyl (C=O) groups excluding carboxylic acids is 1. The highest BCUT2D eigenvalue weighted by Gasteiger charge is 2.49.